The molecule has 0 aromatic heterocycles. The molecule has 5 nitrogen and oxygen atoms in total. The number of nitriles is 1. The molecule has 0 aliphatic carbocycles. The van der Waals surface area contributed by atoms with Crippen LogP contribution in [0.25, 0.3) is 0 Å². The van der Waals surface area contributed by atoms with E-state index in [1.807, 2.05) is 6.07 Å². The van der Waals surface area contributed by atoms with Crippen molar-refractivity contribution in [3.63, 3.8) is 0 Å². The Morgan fingerprint density at radius 3 is 3.00 bits per heavy atom. The molecule has 5 heteroatoms. The second-order valence-electron chi connectivity index (χ2n) is 4.37. The normalized spacial score (nSPS) is 25.3. The Balaban J connectivity index is 2.26. The number of hydrogen-bond acceptors (Lipinski definition) is 4. The molecule has 1 fully saturated rings. The molecule has 1 aliphatic heterocycles. The number of likely N-dealkylation sites (tertiary alicyclic amines) is 1. The van der Waals surface area contributed by atoms with Crippen molar-refractivity contribution in [3.05, 3.63) is 0 Å². The highest BCUT2D eigenvalue weighted by Gasteiger charge is 2.28. The number of carbonyl (C=O) groups is 1. The molecule has 0 bridgehead atoms. The largest absolute Gasteiger partial charge is 0.354 e. The lowest BCUT2D eigenvalue weighted by molar-refractivity contribution is -0.122. The van der Waals surface area contributed by atoms with Crippen LogP contribution in [0, 0.1) is 17.2 Å². The highest BCUT2D eigenvalue weighted by molar-refractivity contribution is 5.78. The summed E-state index contributed by atoms with van der Waals surface area (Å²) >= 11 is 0. The van der Waals surface area contributed by atoms with Gasteiger partial charge in [-0.1, -0.05) is 0 Å². The molecule has 1 heterocycles. The Bertz CT molecular complexity index is 274. The van der Waals surface area contributed by atoms with Gasteiger partial charge in [-0.05, 0) is 25.8 Å². The minimum Gasteiger partial charge on any atom is -0.354 e. The van der Waals surface area contributed by atoms with Gasteiger partial charge in [-0.15, -0.1) is 0 Å². The fourth-order valence-corrected chi connectivity index (χ4v) is 2.11. The average molecular weight is 224 g/mol. The Kier molecular flexibility index (Phi) is 5.23. The third-order valence-electron chi connectivity index (χ3n) is 3.03. The average Bonchev–Trinajstić information content (AvgIpc) is 2.60. The van der Waals surface area contributed by atoms with E-state index in [1.54, 1.807) is 0 Å². The van der Waals surface area contributed by atoms with Gasteiger partial charge in [0.1, 0.15) is 0 Å². The number of rotatable bonds is 5. The molecule has 0 radical (unpaired) electrons. The van der Waals surface area contributed by atoms with E-state index in [0.717, 1.165) is 13.0 Å². The topological polar surface area (TPSA) is 82.2 Å². The lowest BCUT2D eigenvalue weighted by atomic mass is 10.1. The first kappa shape index (κ1) is 12.9. The summed E-state index contributed by atoms with van der Waals surface area (Å²) in [4.78, 5) is 13.7. The second kappa shape index (κ2) is 6.46. The summed E-state index contributed by atoms with van der Waals surface area (Å²) in [6.07, 6.45) is 1.44. The number of amides is 1. The quantitative estimate of drug-likeness (QED) is 0.627. The van der Waals surface area contributed by atoms with Gasteiger partial charge in [0.25, 0.3) is 0 Å². The maximum atomic E-state index is 11.5. The summed E-state index contributed by atoms with van der Waals surface area (Å²) in [5.74, 6) is 0.515. The summed E-state index contributed by atoms with van der Waals surface area (Å²) in [7, 11) is 0. The maximum absolute atomic E-state index is 11.5. The van der Waals surface area contributed by atoms with Crippen molar-refractivity contribution in [2.45, 2.75) is 25.8 Å². The fourth-order valence-electron chi connectivity index (χ4n) is 2.11. The molecule has 0 aromatic carbocycles. The summed E-state index contributed by atoms with van der Waals surface area (Å²) < 4.78 is 0. The van der Waals surface area contributed by atoms with Crippen LogP contribution in [0.1, 0.15) is 19.8 Å². The van der Waals surface area contributed by atoms with Gasteiger partial charge < -0.3 is 11.1 Å². The SMILES string of the molecule is CC1CC(CN)CN1CC(=O)NCCC#N. The van der Waals surface area contributed by atoms with E-state index in [2.05, 4.69) is 17.1 Å². The van der Waals surface area contributed by atoms with Gasteiger partial charge in [0.15, 0.2) is 0 Å². The number of nitrogens with one attached hydrogen (secondary N) is 1. The standard InChI is InChI=1S/C11H20N4O/c1-9-5-10(6-13)7-15(9)8-11(16)14-4-2-3-12/h9-10H,2,4-8,13H2,1H3,(H,14,16). The summed E-state index contributed by atoms with van der Waals surface area (Å²) in [5, 5.41) is 11.1. The van der Waals surface area contributed by atoms with Crippen molar-refractivity contribution in [3.8, 4) is 6.07 Å². The predicted octanol–water partition coefficient (Wildman–Crippen LogP) is -0.315. The van der Waals surface area contributed by atoms with Gasteiger partial charge in [-0.2, -0.15) is 5.26 Å². The molecule has 0 saturated carbocycles. The highest BCUT2D eigenvalue weighted by Crippen LogP contribution is 2.21. The van der Waals surface area contributed by atoms with Gasteiger partial charge >= 0.3 is 0 Å². The van der Waals surface area contributed by atoms with Crippen LogP contribution in [-0.4, -0.2) is 43.0 Å². The summed E-state index contributed by atoms with van der Waals surface area (Å²) in [5.41, 5.74) is 5.62. The fraction of sp³-hybridized carbons (Fsp3) is 0.818. The molecule has 90 valence electrons. The van der Waals surface area contributed by atoms with Crippen LogP contribution in [0.15, 0.2) is 0 Å². The molecule has 3 N–H and O–H groups in total. The maximum Gasteiger partial charge on any atom is 0.234 e. The zero-order valence-electron chi connectivity index (χ0n) is 9.78. The van der Waals surface area contributed by atoms with Crippen LogP contribution in [0.5, 0.6) is 0 Å². The first-order valence-electron chi connectivity index (χ1n) is 5.75. The molecule has 1 amide bonds. The van der Waals surface area contributed by atoms with E-state index in [1.165, 1.54) is 0 Å². The molecule has 1 saturated heterocycles. The zero-order chi connectivity index (χ0) is 12.0. The van der Waals surface area contributed by atoms with Gasteiger partial charge in [0, 0.05) is 19.1 Å². The lowest BCUT2D eigenvalue weighted by Gasteiger charge is -2.20. The van der Waals surface area contributed by atoms with Crippen molar-refractivity contribution >= 4 is 5.91 Å². The van der Waals surface area contributed by atoms with E-state index in [9.17, 15) is 4.79 Å². The molecule has 2 atom stereocenters. The van der Waals surface area contributed by atoms with Crippen LogP contribution in [0.3, 0.4) is 0 Å². The van der Waals surface area contributed by atoms with Crippen molar-refractivity contribution in [2.75, 3.05) is 26.2 Å². The Morgan fingerprint density at radius 1 is 1.69 bits per heavy atom. The van der Waals surface area contributed by atoms with E-state index >= 15 is 0 Å². The lowest BCUT2D eigenvalue weighted by Crippen LogP contribution is -2.39. The number of hydrogen-bond donors (Lipinski definition) is 2. The first-order valence-corrected chi connectivity index (χ1v) is 5.75. The molecule has 0 aromatic rings. The molecule has 1 aliphatic rings. The van der Waals surface area contributed by atoms with Gasteiger partial charge in [-0.3, -0.25) is 9.69 Å². The van der Waals surface area contributed by atoms with E-state index < -0.39 is 0 Å². The van der Waals surface area contributed by atoms with Crippen LogP contribution in [0.4, 0.5) is 0 Å². The predicted molar refractivity (Wildman–Crippen MR) is 61.4 cm³/mol. The van der Waals surface area contributed by atoms with Gasteiger partial charge in [0.05, 0.1) is 19.0 Å². The summed E-state index contributed by atoms with van der Waals surface area (Å²) in [6, 6.07) is 2.42. The molecule has 16 heavy (non-hydrogen) atoms. The van der Waals surface area contributed by atoms with Crippen molar-refractivity contribution in [1.29, 1.82) is 5.26 Å². The molecule has 1 rings (SSSR count). The number of nitrogens with two attached hydrogens (primary N) is 1. The highest BCUT2D eigenvalue weighted by atomic mass is 16.2. The molecule has 0 spiro atoms. The third-order valence-corrected chi connectivity index (χ3v) is 3.03. The van der Waals surface area contributed by atoms with Crippen molar-refractivity contribution < 1.29 is 4.79 Å². The minimum absolute atomic E-state index is 0.000212. The van der Waals surface area contributed by atoms with Crippen molar-refractivity contribution in [2.24, 2.45) is 11.7 Å². The van der Waals surface area contributed by atoms with Gasteiger partial charge in [-0.25, -0.2) is 0 Å². The minimum atomic E-state index is -0.000212. The van der Waals surface area contributed by atoms with Crippen LogP contribution < -0.4 is 11.1 Å². The molecule has 2 unspecified atom stereocenters. The third kappa shape index (κ3) is 3.80. The number of nitrogens with zero attached hydrogens (tertiary/aromatic N) is 2. The van der Waals surface area contributed by atoms with Gasteiger partial charge in [0.2, 0.25) is 5.91 Å². The summed E-state index contributed by atoms with van der Waals surface area (Å²) in [6.45, 7) is 4.58. The van der Waals surface area contributed by atoms with Crippen LogP contribution >= 0.6 is 0 Å². The Labute approximate surface area is 96.6 Å². The number of carbonyl (C=O) groups excluding carboxylic acids is 1. The molecular formula is C11H20N4O. The van der Waals surface area contributed by atoms with E-state index in [-0.39, 0.29) is 5.91 Å². The second-order valence-corrected chi connectivity index (χ2v) is 4.37. The first-order chi connectivity index (χ1) is 7.67. The Hall–Kier alpha value is -1.12. The van der Waals surface area contributed by atoms with Crippen LogP contribution in [-0.2, 0) is 4.79 Å². The Morgan fingerprint density at radius 2 is 2.44 bits per heavy atom. The van der Waals surface area contributed by atoms with Crippen molar-refractivity contribution in [1.82, 2.24) is 10.2 Å². The smallest absolute Gasteiger partial charge is 0.234 e. The monoisotopic (exact) mass is 224 g/mol. The van der Waals surface area contributed by atoms with Crippen LogP contribution in [0.2, 0.25) is 0 Å². The molecular weight excluding hydrogens is 204 g/mol. The van der Waals surface area contributed by atoms with E-state index in [4.69, 9.17) is 11.0 Å². The van der Waals surface area contributed by atoms with E-state index in [0.29, 0.717) is 38.0 Å². The zero-order valence-corrected chi connectivity index (χ0v) is 9.78.